The summed E-state index contributed by atoms with van der Waals surface area (Å²) in [7, 11) is 0. The highest BCUT2D eigenvalue weighted by molar-refractivity contribution is 6.20. The number of hydrogen-bond acceptors (Lipinski definition) is 2. The van der Waals surface area contributed by atoms with Gasteiger partial charge in [-0.3, -0.25) is 0 Å². The molecule has 0 aliphatic carbocycles. The van der Waals surface area contributed by atoms with E-state index < -0.39 is 0 Å². The van der Waals surface area contributed by atoms with Crippen LogP contribution < -0.4 is 11.1 Å². The maximum absolute atomic E-state index is 6.93. The van der Waals surface area contributed by atoms with Gasteiger partial charge in [-0.05, 0) is 95.0 Å². The summed E-state index contributed by atoms with van der Waals surface area (Å²) in [6.45, 7) is 0.637. The molecule has 0 spiro atoms. The van der Waals surface area contributed by atoms with E-state index >= 15 is 0 Å². The topological polar surface area (TPSA) is 38.0 Å². The first kappa shape index (κ1) is 33.1. The van der Waals surface area contributed by atoms with Gasteiger partial charge in [-0.25, -0.2) is 0 Å². The molecule has 0 amide bonds. The van der Waals surface area contributed by atoms with Crippen molar-refractivity contribution in [2.45, 2.75) is 12.6 Å². The number of nitrogens with two attached hydrogens (primary N) is 1. The molecule has 0 radical (unpaired) electrons. The summed E-state index contributed by atoms with van der Waals surface area (Å²) in [5, 5.41) is 11.5. The molecule has 0 aliphatic rings. The monoisotopic (exact) mass is 692 g/mol. The van der Waals surface area contributed by atoms with Gasteiger partial charge < -0.3 is 11.1 Å². The van der Waals surface area contributed by atoms with E-state index in [-0.39, 0.29) is 6.04 Å². The van der Waals surface area contributed by atoms with Crippen LogP contribution in [0.25, 0.3) is 71.4 Å². The fraction of sp³-hybridized carbons (Fsp3) is 0.0385. The van der Waals surface area contributed by atoms with Gasteiger partial charge in [-0.15, -0.1) is 0 Å². The predicted molar refractivity (Wildman–Crippen MR) is 230 cm³/mol. The fourth-order valence-corrected chi connectivity index (χ4v) is 7.76. The van der Waals surface area contributed by atoms with E-state index in [0.717, 1.165) is 33.5 Å². The summed E-state index contributed by atoms with van der Waals surface area (Å²) < 4.78 is 0. The molecular formula is C52H40N2. The van der Waals surface area contributed by atoms with E-state index in [9.17, 15) is 0 Å². The van der Waals surface area contributed by atoms with Gasteiger partial charge in [0.2, 0.25) is 0 Å². The Morgan fingerprint density at radius 3 is 1.81 bits per heavy atom. The van der Waals surface area contributed by atoms with E-state index in [1.54, 1.807) is 0 Å². The molecule has 9 rings (SSSR count). The molecule has 0 aliphatic heterocycles. The first-order chi connectivity index (χ1) is 26.7. The molecule has 258 valence electrons. The largest absolute Gasteiger partial charge is 0.381 e. The van der Waals surface area contributed by atoms with Gasteiger partial charge in [0.05, 0.1) is 6.04 Å². The Balaban J connectivity index is 1.11. The summed E-state index contributed by atoms with van der Waals surface area (Å²) in [5.74, 6) is 0. The minimum absolute atomic E-state index is 0.296. The van der Waals surface area contributed by atoms with Crippen molar-refractivity contribution in [3.8, 4) is 33.4 Å². The molecule has 1 unspecified atom stereocenters. The third-order valence-electron chi connectivity index (χ3n) is 10.5. The molecule has 9 aromatic carbocycles. The average Bonchev–Trinajstić information content (AvgIpc) is 3.25. The molecule has 0 fully saturated rings. The van der Waals surface area contributed by atoms with E-state index in [0.29, 0.717) is 6.54 Å². The molecule has 0 saturated carbocycles. The predicted octanol–water partition coefficient (Wildman–Crippen LogP) is 13.0. The standard InChI is InChI=1S/C52H40N2/c53-50(40-19-8-3-9-20-40)34-51(49-32-42(37-14-4-1-5-15-37)29-30-45(49)38-16-6-2-7-17-38)54-35-36-24-26-41(27-25-36)52-46-23-13-11-21-43(46)33-48-44-22-12-10-18-39(44)28-31-47(48)52/h1-34,50,54H,35,53H2/b51-34-. The lowest BCUT2D eigenvalue weighted by Crippen LogP contribution is -2.16. The van der Waals surface area contributed by atoms with Crippen LogP contribution in [0.3, 0.4) is 0 Å². The summed E-state index contributed by atoms with van der Waals surface area (Å²) in [4.78, 5) is 0. The average molecular weight is 693 g/mol. The Hall–Kier alpha value is -6.74. The molecule has 9 aromatic rings. The van der Waals surface area contributed by atoms with Crippen molar-refractivity contribution in [3.05, 3.63) is 223 Å². The molecule has 2 heteroatoms. The zero-order chi connectivity index (χ0) is 36.3. The first-order valence-corrected chi connectivity index (χ1v) is 18.6. The lowest BCUT2D eigenvalue weighted by atomic mass is 9.89. The van der Waals surface area contributed by atoms with Crippen molar-refractivity contribution >= 4 is 38.0 Å². The highest BCUT2D eigenvalue weighted by Crippen LogP contribution is 2.40. The van der Waals surface area contributed by atoms with Gasteiger partial charge in [0.15, 0.2) is 0 Å². The van der Waals surface area contributed by atoms with Gasteiger partial charge in [0.25, 0.3) is 0 Å². The van der Waals surface area contributed by atoms with Gasteiger partial charge in [0, 0.05) is 17.8 Å². The van der Waals surface area contributed by atoms with E-state index in [2.05, 4.69) is 193 Å². The minimum atomic E-state index is -0.296. The van der Waals surface area contributed by atoms with Crippen LogP contribution in [-0.4, -0.2) is 0 Å². The van der Waals surface area contributed by atoms with Crippen molar-refractivity contribution in [3.63, 3.8) is 0 Å². The minimum Gasteiger partial charge on any atom is -0.381 e. The van der Waals surface area contributed by atoms with Crippen molar-refractivity contribution < 1.29 is 0 Å². The van der Waals surface area contributed by atoms with E-state index in [1.165, 1.54) is 54.6 Å². The first-order valence-electron chi connectivity index (χ1n) is 18.6. The van der Waals surface area contributed by atoms with E-state index in [1.807, 2.05) is 18.2 Å². The highest BCUT2D eigenvalue weighted by Gasteiger charge is 2.16. The fourth-order valence-electron chi connectivity index (χ4n) is 7.76. The molecule has 2 nitrogen and oxygen atoms in total. The zero-order valence-corrected chi connectivity index (χ0v) is 30.0. The smallest absolute Gasteiger partial charge is 0.0504 e. The Kier molecular flexibility index (Phi) is 9.02. The third kappa shape index (κ3) is 6.56. The van der Waals surface area contributed by atoms with Gasteiger partial charge >= 0.3 is 0 Å². The number of hydrogen-bond donors (Lipinski definition) is 2. The normalized spacial score (nSPS) is 12.3. The molecule has 0 heterocycles. The summed E-state index contributed by atoms with van der Waals surface area (Å²) in [5.41, 5.74) is 18.4. The highest BCUT2D eigenvalue weighted by atomic mass is 14.9. The van der Waals surface area contributed by atoms with Crippen LogP contribution in [0.2, 0.25) is 0 Å². The van der Waals surface area contributed by atoms with Crippen molar-refractivity contribution in [2.24, 2.45) is 5.73 Å². The van der Waals surface area contributed by atoms with Gasteiger partial charge in [-0.2, -0.15) is 0 Å². The van der Waals surface area contributed by atoms with Crippen LogP contribution >= 0.6 is 0 Å². The van der Waals surface area contributed by atoms with Gasteiger partial charge in [0.1, 0.15) is 0 Å². The Labute approximate surface area is 316 Å². The SMILES string of the molecule is NC(/C=C(\NCc1ccc(-c2c3ccccc3cc3c2ccc2ccccc23)cc1)c1cc(-c2ccccc2)ccc1-c1ccccc1)c1ccccc1. The van der Waals surface area contributed by atoms with Crippen LogP contribution in [0.1, 0.15) is 22.7 Å². The Morgan fingerprint density at radius 2 is 1.07 bits per heavy atom. The second-order valence-electron chi connectivity index (χ2n) is 13.9. The van der Waals surface area contributed by atoms with Crippen LogP contribution in [0, 0.1) is 0 Å². The van der Waals surface area contributed by atoms with Crippen molar-refractivity contribution in [2.75, 3.05) is 0 Å². The number of rotatable bonds is 9. The molecule has 54 heavy (non-hydrogen) atoms. The maximum Gasteiger partial charge on any atom is 0.0504 e. The van der Waals surface area contributed by atoms with Crippen molar-refractivity contribution in [1.82, 2.24) is 5.32 Å². The van der Waals surface area contributed by atoms with Crippen LogP contribution in [0.15, 0.2) is 206 Å². The number of fused-ring (bicyclic) bond motifs is 4. The molecule has 0 bridgehead atoms. The van der Waals surface area contributed by atoms with E-state index in [4.69, 9.17) is 5.73 Å². The Bertz CT molecular complexity index is 2750. The zero-order valence-electron chi connectivity index (χ0n) is 30.0. The quantitative estimate of drug-likeness (QED) is 0.117. The second-order valence-corrected chi connectivity index (χ2v) is 13.9. The number of nitrogens with one attached hydrogen (secondary N) is 1. The van der Waals surface area contributed by atoms with Crippen LogP contribution in [0.4, 0.5) is 0 Å². The van der Waals surface area contributed by atoms with Crippen LogP contribution in [-0.2, 0) is 6.54 Å². The van der Waals surface area contributed by atoms with Crippen LogP contribution in [0.5, 0.6) is 0 Å². The molecule has 0 saturated heterocycles. The molecular weight excluding hydrogens is 653 g/mol. The second kappa shape index (κ2) is 14.7. The summed E-state index contributed by atoms with van der Waals surface area (Å²) in [6, 6.07) is 71.3. The lowest BCUT2D eigenvalue weighted by molar-refractivity contribution is 0.858. The third-order valence-corrected chi connectivity index (χ3v) is 10.5. The lowest BCUT2D eigenvalue weighted by Gasteiger charge is -2.20. The Morgan fingerprint density at radius 1 is 0.463 bits per heavy atom. The molecule has 1 atom stereocenters. The maximum atomic E-state index is 6.93. The molecule has 0 aromatic heterocycles. The molecule has 3 N–H and O–H groups in total. The van der Waals surface area contributed by atoms with Crippen molar-refractivity contribution in [1.29, 1.82) is 0 Å². The summed E-state index contributed by atoms with van der Waals surface area (Å²) >= 11 is 0. The van der Waals surface area contributed by atoms with Gasteiger partial charge in [-0.1, -0.05) is 188 Å². The summed E-state index contributed by atoms with van der Waals surface area (Å²) in [6.07, 6.45) is 2.17. The number of benzene rings is 9.